The number of fused-ring (bicyclic) bond motifs is 11. The summed E-state index contributed by atoms with van der Waals surface area (Å²) < 4.78 is 2.65. The molecule has 1 nitrogen and oxygen atoms in total. The highest BCUT2D eigenvalue weighted by Gasteiger charge is 2.48. The summed E-state index contributed by atoms with van der Waals surface area (Å²) in [6.07, 6.45) is 5.01. The summed E-state index contributed by atoms with van der Waals surface area (Å²) in [4.78, 5) is 2.52. The summed E-state index contributed by atoms with van der Waals surface area (Å²) >= 11 is 1.93. The Labute approximate surface area is 332 Å². The minimum Gasteiger partial charge on any atom is -0.310 e. The van der Waals surface area contributed by atoms with Gasteiger partial charge in [-0.3, -0.25) is 0 Å². The fourth-order valence-electron chi connectivity index (χ4n) is 11.1. The summed E-state index contributed by atoms with van der Waals surface area (Å²) in [7, 11) is 0. The Morgan fingerprint density at radius 2 is 1.02 bits per heavy atom. The second-order valence-electron chi connectivity index (χ2n) is 15.9. The van der Waals surface area contributed by atoms with Gasteiger partial charge in [0, 0.05) is 42.5 Å². The average molecular weight is 734 g/mol. The van der Waals surface area contributed by atoms with E-state index in [1.807, 2.05) is 11.3 Å². The maximum atomic E-state index is 2.52. The van der Waals surface area contributed by atoms with E-state index in [-0.39, 0.29) is 5.41 Å². The van der Waals surface area contributed by atoms with Gasteiger partial charge in [0.2, 0.25) is 0 Å². The monoisotopic (exact) mass is 733 g/mol. The van der Waals surface area contributed by atoms with E-state index in [9.17, 15) is 0 Å². The third-order valence-corrected chi connectivity index (χ3v) is 14.5. The Bertz CT molecular complexity index is 2940. The van der Waals surface area contributed by atoms with E-state index >= 15 is 0 Å². The van der Waals surface area contributed by atoms with Crippen LogP contribution in [0.4, 0.5) is 17.1 Å². The molecule has 0 amide bonds. The van der Waals surface area contributed by atoms with Gasteiger partial charge in [-0.25, -0.2) is 0 Å². The largest absolute Gasteiger partial charge is 0.310 e. The van der Waals surface area contributed by atoms with E-state index in [0.717, 1.165) is 0 Å². The minimum absolute atomic E-state index is 0.112. The highest BCUT2D eigenvalue weighted by molar-refractivity contribution is 7.26. The molecule has 3 aliphatic rings. The second-order valence-corrected chi connectivity index (χ2v) is 16.9. The lowest BCUT2D eigenvalue weighted by Crippen LogP contribution is -2.28. The maximum Gasteiger partial charge on any atom is 0.0727 e. The molecule has 1 heterocycles. The zero-order valence-corrected chi connectivity index (χ0v) is 31.9. The minimum atomic E-state index is -0.443. The van der Waals surface area contributed by atoms with Crippen LogP contribution in [0.5, 0.6) is 0 Å². The Kier molecular flexibility index (Phi) is 6.95. The molecule has 1 spiro atoms. The van der Waals surface area contributed by atoms with Gasteiger partial charge in [-0.1, -0.05) is 165 Å². The molecule has 0 aliphatic heterocycles. The van der Waals surface area contributed by atoms with Crippen LogP contribution in [-0.2, 0) is 10.8 Å². The Balaban J connectivity index is 1.10. The van der Waals surface area contributed by atoms with Crippen molar-refractivity contribution in [2.45, 2.75) is 36.5 Å². The smallest absolute Gasteiger partial charge is 0.0727 e. The van der Waals surface area contributed by atoms with Gasteiger partial charge in [0.1, 0.15) is 0 Å². The topological polar surface area (TPSA) is 3.24 Å². The average Bonchev–Trinajstić information content (AvgIpc) is 4.04. The van der Waals surface area contributed by atoms with E-state index in [1.54, 1.807) is 0 Å². The summed E-state index contributed by atoms with van der Waals surface area (Å²) in [5, 5.41) is 2.61. The van der Waals surface area contributed by atoms with Crippen LogP contribution >= 0.6 is 11.3 Å². The standard InChI is InChI=1S/C54H39NS/c1-3-17-36(18-4-1)54(45-26-11-7-21-39(45)40-22-8-12-27-46(40)54)48-29-15-24-41-43-35-38(31-32-50(43)56-52(41)48)55(37-19-5-2-6-20-37)49-30-16-28-47-51(49)42-23-9-10-25-44(42)53(47)33-13-14-34-53/h1-12,15-32,35H,13-14,33-34H2. The summed E-state index contributed by atoms with van der Waals surface area (Å²) in [5.74, 6) is 0. The molecule has 3 aliphatic carbocycles. The lowest BCUT2D eigenvalue weighted by Gasteiger charge is -2.34. The number of thiophene rings is 1. The van der Waals surface area contributed by atoms with Crippen LogP contribution in [0.15, 0.2) is 188 Å². The highest BCUT2D eigenvalue weighted by Crippen LogP contribution is 2.61. The van der Waals surface area contributed by atoms with Crippen molar-refractivity contribution in [3.05, 3.63) is 221 Å². The van der Waals surface area contributed by atoms with Gasteiger partial charge in [0.05, 0.1) is 11.1 Å². The lowest BCUT2D eigenvalue weighted by molar-refractivity contribution is 0.550. The number of anilines is 3. The number of hydrogen-bond donors (Lipinski definition) is 0. The van der Waals surface area contributed by atoms with Crippen LogP contribution in [0.2, 0.25) is 0 Å². The molecule has 56 heavy (non-hydrogen) atoms. The quantitative estimate of drug-likeness (QED) is 0.170. The van der Waals surface area contributed by atoms with Crippen LogP contribution in [0.1, 0.15) is 59.1 Å². The van der Waals surface area contributed by atoms with E-state index in [0.29, 0.717) is 0 Å². The van der Waals surface area contributed by atoms with Crippen molar-refractivity contribution in [3.63, 3.8) is 0 Å². The molecule has 266 valence electrons. The number of nitrogens with zero attached hydrogens (tertiary/aromatic N) is 1. The molecular formula is C54H39NS. The molecule has 12 rings (SSSR count). The summed E-state index contributed by atoms with van der Waals surface area (Å²) in [6.45, 7) is 0. The number of para-hydroxylation sites is 1. The summed E-state index contributed by atoms with van der Waals surface area (Å²) in [6, 6.07) is 70.8. The molecule has 1 fully saturated rings. The van der Waals surface area contributed by atoms with Crippen LogP contribution in [0.3, 0.4) is 0 Å². The fourth-order valence-corrected chi connectivity index (χ4v) is 12.3. The second kappa shape index (κ2) is 12.1. The molecule has 1 saturated carbocycles. The van der Waals surface area contributed by atoms with Crippen molar-refractivity contribution in [3.8, 4) is 22.3 Å². The predicted octanol–water partition coefficient (Wildman–Crippen LogP) is 14.7. The van der Waals surface area contributed by atoms with E-state index in [4.69, 9.17) is 0 Å². The predicted molar refractivity (Wildman–Crippen MR) is 236 cm³/mol. The third kappa shape index (κ3) is 4.25. The fraction of sp³-hybridized carbons (Fsp3) is 0.111. The van der Waals surface area contributed by atoms with Crippen molar-refractivity contribution in [2.24, 2.45) is 0 Å². The van der Waals surface area contributed by atoms with Gasteiger partial charge in [-0.15, -0.1) is 11.3 Å². The van der Waals surface area contributed by atoms with Crippen LogP contribution in [0.25, 0.3) is 42.4 Å². The third-order valence-electron chi connectivity index (χ3n) is 13.3. The number of rotatable bonds is 5. The van der Waals surface area contributed by atoms with Crippen molar-refractivity contribution in [1.29, 1.82) is 0 Å². The van der Waals surface area contributed by atoms with Gasteiger partial charge < -0.3 is 4.90 Å². The van der Waals surface area contributed by atoms with E-state index in [1.165, 1.54) is 119 Å². The highest BCUT2D eigenvalue weighted by atomic mass is 32.1. The molecule has 0 N–H and O–H groups in total. The van der Waals surface area contributed by atoms with Crippen molar-refractivity contribution >= 4 is 48.6 Å². The normalized spacial score (nSPS) is 15.5. The first kappa shape index (κ1) is 32.1. The van der Waals surface area contributed by atoms with Crippen LogP contribution < -0.4 is 4.90 Å². The van der Waals surface area contributed by atoms with Crippen LogP contribution in [-0.4, -0.2) is 0 Å². The van der Waals surface area contributed by atoms with E-state index < -0.39 is 5.41 Å². The molecule has 8 aromatic carbocycles. The molecule has 2 heteroatoms. The molecular weight excluding hydrogens is 695 g/mol. The van der Waals surface area contributed by atoms with E-state index in [2.05, 4.69) is 193 Å². The first-order valence-electron chi connectivity index (χ1n) is 20.1. The zero-order chi connectivity index (χ0) is 36.8. The molecule has 0 radical (unpaired) electrons. The van der Waals surface area contributed by atoms with Gasteiger partial charge in [0.15, 0.2) is 0 Å². The molecule has 0 saturated heterocycles. The Morgan fingerprint density at radius 1 is 0.429 bits per heavy atom. The lowest BCUT2D eigenvalue weighted by atomic mass is 9.67. The molecule has 9 aromatic rings. The van der Waals surface area contributed by atoms with Gasteiger partial charge >= 0.3 is 0 Å². The molecule has 0 unspecified atom stereocenters. The van der Waals surface area contributed by atoms with Crippen LogP contribution in [0, 0.1) is 0 Å². The first-order valence-corrected chi connectivity index (χ1v) is 20.9. The number of benzene rings is 8. The molecule has 0 atom stereocenters. The van der Waals surface area contributed by atoms with Crippen molar-refractivity contribution in [1.82, 2.24) is 0 Å². The molecule has 0 bridgehead atoms. The van der Waals surface area contributed by atoms with Gasteiger partial charge in [0.25, 0.3) is 0 Å². The van der Waals surface area contributed by atoms with Crippen molar-refractivity contribution < 1.29 is 0 Å². The summed E-state index contributed by atoms with van der Waals surface area (Å²) in [5.41, 5.74) is 17.1. The SMILES string of the molecule is c1ccc(N(c2ccc3sc4c(C5(c6ccccc6)c6ccccc6-c6ccccc65)cccc4c3c2)c2cccc3c2-c2ccccc2C32CCCC2)cc1. The first-order chi connectivity index (χ1) is 27.8. The molecule has 1 aromatic heterocycles. The Hall–Kier alpha value is -6.22. The maximum absolute atomic E-state index is 2.52. The van der Waals surface area contributed by atoms with Crippen molar-refractivity contribution in [2.75, 3.05) is 4.90 Å². The zero-order valence-electron chi connectivity index (χ0n) is 31.1. The van der Waals surface area contributed by atoms with Gasteiger partial charge in [-0.05, 0) is 99.3 Å². The van der Waals surface area contributed by atoms with Gasteiger partial charge in [-0.2, -0.15) is 0 Å². The Morgan fingerprint density at radius 3 is 1.75 bits per heavy atom. The number of hydrogen-bond acceptors (Lipinski definition) is 2.